The van der Waals surface area contributed by atoms with Crippen molar-refractivity contribution in [2.24, 2.45) is 17.6 Å². The average Bonchev–Trinajstić information content (AvgIpc) is 1.23. The maximum Gasteiger partial charge on any atom is 0.305 e. The number of carboxylic acids is 1. The second-order valence-corrected chi connectivity index (χ2v) is 33.7. The lowest BCUT2D eigenvalue weighted by Gasteiger charge is -2.34. The monoisotopic (exact) mass is 1780 g/mol. The summed E-state index contributed by atoms with van der Waals surface area (Å²) in [5.74, 6) is -17.6. The number of hydrogen-bond acceptors (Lipinski definition) is 19. The highest BCUT2D eigenvalue weighted by atomic mass is 32.2. The molecule has 0 radical (unpaired) electrons. The van der Waals surface area contributed by atoms with E-state index in [1.165, 1.54) is 76.7 Å². The molecule has 1 aromatic heterocycles. The molecular formula is C92H116N16O19S. The third-order valence-electron chi connectivity index (χ3n) is 21.6. The first-order valence-electron chi connectivity index (χ1n) is 42.3. The fraction of sp³-hybridized carbons (Fsp3) is 0.413. The van der Waals surface area contributed by atoms with Gasteiger partial charge in [0.2, 0.25) is 88.6 Å². The fourth-order valence-electron chi connectivity index (χ4n) is 14.7. The van der Waals surface area contributed by atoms with E-state index in [-0.39, 0.29) is 74.5 Å². The molecule has 35 nitrogen and oxygen atoms in total. The molecular weight excluding hydrogens is 1670 g/mol. The number of nitrogens with zero attached hydrogens (tertiary/aromatic N) is 4. The lowest BCUT2D eigenvalue weighted by molar-refractivity contribution is -0.147. The number of rotatable bonds is 23. The molecule has 8 rings (SSSR count). The number of nitrogens with one attached hydrogen (secondary N) is 11. The van der Waals surface area contributed by atoms with E-state index in [1.807, 2.05) is 6.92 Å². The zero-order valence-electron chi connectivity index (χ0n) is 73.1. The van der Waals surface area contributed by atoms with Crippen molar-refractivity contribution in [1.82, 2.24) is 77.8 Å². The van der Waals surface area contributed by atoms with Crippen molar-refractivity contribution >= 4 is 117 Å². The molecule has 2 heterocycles. The van der Waals surface area contributed by atoms with E-state index in [2.05, 4.69) is 58.2 Å². The van der Waals surface area contributed by atoms with Gasteiger partial charge >= 0.3 is 5.97 Å². The standard InChI is InChI=1S/C92H116N16O19S/c1-10-11-31-74-91(126)106(7)51-78(113)97-70(47-80(115)116)87(122)104-81(55(4)5)92(127)108(9)75(45-58-27-19-14-20-28-58)88(123)102-71(44-60-34-38-63(110)39-35-60)89(124)105(6)50-77(112)96-69(46-61-48-94-65-30-22-21-29-64(61)65)86(121)100-68(42-59-32-36-62(109)37-33-59)85(120)99-66(40-54(2)3)83(118)103-73(82(117)95-49-76(93)111)52-128-53-79(114)98-67(41-56-23-15-12-16-24-56)84(119)101-72(90(125)107(74)8)43-57-25-17-13-18-26-57/h12-30,32-39,48,54-55,66-75,81,94,109-110H,10-11,31,40-47,49-53H2,1-9H3,(H2,93,111)(H,95,117)(H,96,112)(H,97,113)(H,98,114)(H,99,120)(H,100,121)(H,101,119)(H,102,123)(H,103,118)(H,104,122)(H,115,116)/t66-,67-,68?,69-,70-,71-,72-,73-,74-,75-,81-/m0/s1. The number of hydrogen-bond donors (Lipinski definition) is 15. The second kappa shape index (κ2) is 48.7. The summed E-state index contributed by atoms with van der Waals surface area (Å²) in [4.78, 5) is 241. The summed E-state index contributed by atoms with van der Waals surface area (Å²) in [6.07, 6.45) is 0.0465. The number of primary amides is 1. The van der Waals surface area contributed by atoms with Gasteiger partial charge < -0.3 is 98.8 Å². The van der Waals surface area contributed by atoms with Gasteiger partial charge in [-0.25, -0.2) is 0 Å². The highest BCUT2D eigenvalue weighted by molar-refractivity contribution is 8.00. The van der Waals surface area contributed by atoms with Crippen LogP contribution in [-0.4, -0.2) is 260 Å². The zero-order chi connectivity index (χ0) is 93.4. The van der Waals surface area contributed by atoms with Crippen molar-refractivity contribution in [3.8, 4) is 11.5 Å². The van der Waals surface area contributed by atoms with Gasteiger partial charge in [0.15, 0.2) is 0 Å². The lowest BCUT2D eigenvalue weighted by atomic mass is 9.98. The van der Waals surface area contributed by atoms with E-state index in [0.29, 0.717) is 57.1 Å². The number of nitrogens with two attached hydrogens (primary N) is 1. The number of unbranched alkanes of at least 4 members (excludes halogenated alkanes) is 1. The molecule has 11 atom stereocenters. The molecule has 15 amide bonds. The van der Waals surface area contributed by atoms with Crippen LogP contribution in [0.5, 0.6) is 11.5 Å². The van der Waals surface area contributed by atoms with Gasteiger partial charge in [-0.15, -0.1) is 11.8 Å². The number of para-hydroxylation sites is 1. The van der Waals surface area contributed by atoms with Gasteiger partial charge in [-0.1, -0.05) is 181 Å². The summed E-state index contributed by atoms with van der Waals surface area (Å²) in [5.41, 5.74) is 9.07. The van der Waals surface area contributed by atoms with Gasteiger partial charge in [-0.05, 0) is 88.4 Å². The van der Waals surface area contributed by atoms with Crippen molar-refractivity contribution in [1.29, 1.82) is 0 Å². The maximum atomic E-state index is 15.4. The Morgan fingerprint density at radius 3 is 1.41 bits per heavy atom. The highest BCUT2D eigenvalue weighted by Gasteiger charge is 2.41. The Kier molecular flexibility index (Phi) is 38.0. The molecule has 128 heavy (non-hydrogen) atoms. The molecule has 0 aliphatic carbocycles. The molecule has 7 aromatic rings. The van der Waals surface area contributed by atoms with Crippen molar-refractivity contribution in [3.05, 3.63) is 203 Å². The van der Waals surface area contributed by atoms with E-state index in [9.17, 15) is 58.5 Å². The minimum atomic E-state index is -1.91. The first-order valence-corrected chi connectivity index (χ1v) is 43.4. The van der Waals surface area contributed by atoms with Crippen molar-refractivity contribution in [2.45, 2.75) is 172 Å². The zero-order valence-corrected chi connectivity index (χ0v) is 73.9. The highest BCUT2D eigenvalue weighted by Crippen LogP contribution is 2.24. The number of aromatic amines is 1. The van der Waals surface area contributed by atoms with Crippen LogP contribution in [0.3, 0.4) is 0 Å². The third kappa shape index (κ3) is 30.6. The molecule has 16 N–H and O–H groups in total. The summed E-state index contributed by atoms with van der Waals surface area (Å²) >= 11 is 0.821. The maximum absolute atomic E-state index is 15.4. The van der Waals surface area contributed by atoms with Crippen molar-refractivity contribution in [3.63, 3.8) is 0 Å². The van der Waals surface area contributed by atoms with Gasteiger partial charge in [-0.3, -0.25) is 76.7 Å². The molecule has 1 aliphatic heterocycles. The Bertz CT molecular complexity index is 5030. The number of amides is 15. The molecule has 1 aliphatic rings. The van der Waals surface area contributed by atoms with E-state index >= 15 is 33.6 Å². The summed E-state index contributed by atoms with van der Waals surface area (Å²) < 4.78 is 0. The van der Waals surface area contributed by atoms with Crippen molar-refractivity contribution < 1.29 is 92.0 Å². The van der Waals surface area contributed by atoms with Gasteiger partial charge in [0, 0.05) is 89.6 Å². The average molecular weight is 1780 g/mol. The molecule has 1 saturated heterocycles. The SMILES string of the molecule is CCCC[C@H]1C(=O)N(C)CC(=O)N[C@@H](CC(=O)O)C(=O)N[C@@H](C(C)C)C(=O)N(C)[C@@H](Cc2ccccc2)C(=O)N[C@@H](Cc2ccc(O)cc2)C(=O)N(C)CC(=O)N[C@@H](Cc2c[nH]c3ccccc23)C(=O)NC(Cc2ccc(O)cc2)C(=O)N[C@@H](CC(C)C)C(=O)N[C@H](C(=O)NCC(N)=O)CSCC(=O)N[C@@H](Cc2ccccc2)C(=O)N[C@@H](Cc2ccccc2)C(=O)N1C. The molecule has 1 unspecified atom stereocenters. The quantitative estimate of drug-likeness (QED) is 0.0435. The number of carboxylic acid groups (broad SMARTS) is 1. The number of thioether (sulfide) groups is 1. The van der Waals surface area contributed by atoms with E-state index in [0.717, 1.165) is 31.4 Å². The Morgan fingerprint density at radius 1 is 0.461 bits per heavy atom. The number of fused-ring (bicyclic) bond motifs is 1. The molecule has 6 aromatic carbocycles. The first kappa shape index (κ1) is 99.8. The number of aliphatic carboxylic acids is 1. The summed E-state index contributed by atoms with van der Waals surface area (Å²) in [7, 11) is 5.14. The number of phenols is 2. The number of H-pyrrole nitrogens is 1. The Labute approximate surface area is 746 Å². The Hall–Kier alpha value is -13.7. The Morgan fingerprint density at radius 2 is 0.891 bits per heavy atom. The minimum Gasteiger partial charge on any atom is -0.508 e. The van der Waals surface area contributed by atoms with Crippen LogP contribution in [-0.2, 0) is 115 Å². The van der Waals surface area contributed by atoms with Crippen LogP contribution in [0.1, 0.15) is 100 Å². The van der Waals surface area contributed by atoms with E-state index in [4.69, 9.17) is 5.73 Å². The molecule has 0 saturated carbocycles. The van der Waals surface area contributed by atoms with E-state index in [1.54, 1.807) is 149 Å². The van der Waals surface area contributed by atoms with Crippen LogP contribution in [0.25, 0.3) is 10.9 Å². The van der Waals surface area contributed by atoms with Gasteiger partial charge in [0.1, 0.15) is 78.0 Å². The molecule has 0 bridgehead atoms. The van der Waals surface area contributed by atoms with Crippen LogP contribution < -0.4 is 58.9 Å². The number of carbonyl (C=O) groups excluding carboxylic acids is 15. The van der Waals surface area contributed by atoms with Crippen LogP contribution in [0.15, 0.2) is 170 Å². The number of aromatic nitrogens is 1. The summed E-state index contributed by atoms with van der Waals surface area (Å²) in [6.45, 7) is 6.16. The Balaban J connectivity index is 1.20. The van der Waals surface area contributed by atoms with Crippen molar-refractivity contribution in [2.75, 3.05) is 59.3 Å². The fourth-order valence-corrected chi connectivity index (χ4v) is 15.5. The van der Waals surface area contributed by atoms with Crippen LogP contribution in [0.2, 0.25) is 0 Å². The van der Waals surface area contributed by atoms with Gasteiger partial charge in [0.25, 0.3) is 0 Å². The minimum absolute atomic E-state index is 0.0262. The van der Waals surface area contributed by atoms with Crippen LogP contribution >= 0.6 is 11.8 Å². The number of carbonyl (C=O) groups is 16. The van der Waals surface area contributed by atoms with Crippen LogP contribution in [0.4, 0.5) is 0 Å². The number of likely N-dealkylation sites (N-methyl/N-ethyl adjacent to an activating group) is 4. The van der Waals surface area contributed by atoms with Gasteiger partial charge in [-0.2, -0.15) is 0 Å². The number of phenolic OH excluding ortho intramolecular Hbond substituents is 2. The molecule has 0 spiro atoms. The predicted octanol–water partition coefficient (Wildman–Crippen LogP) is 1.98. The largest absolute Gasteiger partial charge is 0.508 e. The predicted molar refractivity (Wildman–Crippen MR) is 477 cm³/mol. The van der Waals surface area contributed by atoms with E-state index < -0.39 is 199 Å². The summed E-state index contributed by atoms with van der Waals surface area (Å²) in [6, 6.07) is 27.0. The molecule has 1 fully saturated rings. The van der Waals surface area contributed by atoms with Gasteiger partial charge in [0.05, 0.1) is 31.8 Å². The number of aromatic hydroxyl groups is 2. The first-order chi connectivity index (χ1) is 60.9. The normalized spacial score (nSPS) is 21.9. The lowest BCUT2D eigenvalue weighted by Crippen LogP contribution is -2.61. The number of benzene rings is 6. The van der Waals surface area contributed by atoms with Crippen LogP contribution in [0, 0.1) is 11.8 Å². The topological polar surface area (TPSA) is 509 Å². The summed E-state index contributed by atoms with van der Waals surface area (Å²) in [5, 5.41) is 58.3. The molecule has 684 valence electrons. The second-order valence-electron chi connectivity index (χ2n) is 32.7. The third-order valence-corrected chi connectivity index (χ3v) is 22.6. The smallest absolute Gasteiger partial charge is 0.305 e. The molecule has 36 heteroatoms.